The van der Waals surface area contributed by atoms with E-state index in [0.29, 0.717) is 0 Å². The predicted octanol–water partition coefficient (Wildman–Crippen LogP) is -0.329. The highest BCUT2D eigenvalue weighted by Gasteiger charge is 2.63. The van der Waals surface area contributed by atoms with Gasteiger partial charge in [0.15, 0.2) is 6.23 Å². The first kappa shape index (κ1) is 24.5. The van der Waals surface area contributed by atoms with Crippen molar-refractivity contribution in [3.05, 3.63) is 33.1 Å². The van der Waals surface area contributed by atoms with E-state index in [0.717, 1.165) is 55.9 Å². The SMILES string of the molecule is CC(NCOC[C@@]1(F)O[C@@H](n2ccc(=O)[nH]c2=O)[C@](C)(O)[C@@H]1O)C(=O)OC1CCCCC1. The third-order valence-electron chi connectivity index (χ3n) is 5.85. The van der Waals surface area contributed by atoms with Gasteiger partial charge in [0.2, 0.25) is 0 Å². The van der Waals surface area contributed by atoms with Crippen molar-refractivity contribution < 1.29 is 33.6 Å². The highest BCUT2D eigenvalue weighted by molar-refractivity contribution is 5.75. The zero-order chi connectivity index (χ0) is 23.5. The summed E-state index contributed by atoms with van der Waals surface area (Å²) in [5.74, 6) is -3.29. The molecule has 3 rings (SSSR count). The van der Waals surface area contributed by atoms with Gasteiger partial charge in [-0.05, 0) is 39.5 Å². The Bertz CT molecular complexity index is 913. The molecule has 4 N–H and O–H groups in total. The van der Waals surface area contributed by atoms with Crippen molar-refractivity contribution in [2.75, 3.05) is 13.3 Å². The minimum atomic E-state index is -2.85. The fourth-order valence-electron chi connectivity index (χ4n) is 3.91. The summed E-state index contributed by atoms with van der Waals surface area (Å²) in [6, 6.07) is 0.303. The zero-order valence-corrected chi connectivity index (χ0v) is 18.1. The number of alkyl halides is 1. The summed E-state index contributed by atoms with van der Waals surface area (Å²) in [5.41, 5.74) is -3.82. The summed E-state index contributed by atoms with van der Waals surface area (Å²) in [5, 5.41) is 23.6. The Morgan fingerprint density at radius 1 is 1.41 bits per heavy atom. The lowest BCUT2D eigenvalue weighted by Gasteiger charge is -2.27. The summed E-state index contributed by atoms with van der Waals surface area (Å²) in [7, 11) is 0. The maximum Gasteiger partial charge on any atom is 0.330 e. The summed E-state index contributed by atoms with van der Waals surface area (Å²) >= 11 is 0. The van der Waals surface area contributed by atoms with Gasteiger partial charge in [0, 0.05) is 12.3 Å². The van der Waals surface area contributed by atoms with Crippen LogP contribution in [0.15, 0.2) is 21.9 Å². The number of hydrogen-bond donors (Lipinski definition) is 4. The first-order chi connectivity index (χ1) is 15.0. The lowest BCUT2D eigenvalue weighted by atomic mass is 9.95. The van der Waals surface area contributed by atoms with E-state index in [-0.39, 0.29) is 12.8 Å². The Morgan fingerprint density at radius 3 is 2.75 bits per heavy atom. The number of halogens is 1. The molecule has 0 bridgehead atoms. The number of nitrogens with one attached hydrogen (secondary N) is 2. The van der Waals surface area contributed by atoms with Crippen molar-refractivity contribution >= 4 is 5.97 Å². The third-order valence-corrected chi connectivity index (χ3v) is 5.85. The van der Waals surface area contributed by atoms with Gasteiger partial charge in [-0.2, -0.15) is 0 Å². The lowest BCUT2D eigenvalue weighted by molar-refractivity contribution is -0.217. The second kappa shape index (κ2) is 9.79. The largest absolute Gasteiger partial charge is 0.461 e. The Balaban J connectivity index is 1.53. The van der Waals surface area contributed by atoms with Crippen molar-refractivity contribution in [3.8, 4) is 0 Å². The number of aliphatic hydroxyl groups excluding tert-OH is 1. The van der Waals surface area contributed by atoms with Gasteiger partial charge in [0.05, 0.1) is 6.73 Å². The van der Waals surface area contributed by atoms with E-state index in [9.17, 15) is 24.6 Å². The zero-order valence-electron chi connectivity index (χ0n) is 18.1. The quantitative estimate of drug-likeness (QED) is 0.233. The summed E-state index contributed by atoms with van der Waals surface area (Å²) < 4.78 is 31.9. The highest BCUT2D eigenvalue weighted by atomic mass is 19.2. The molecule has 11 nitrogen and oxygen atoms in total. The number of nitrogens with zero attached hydrogens (tertiary/aromatic N) is 1. The minimum Gasteiger partial charge on any atom is -0.461 e. The lowest BCUT2D eigenvalue weighted by Crippen LogP contribution is -2.50. The summed E-state index contributed by atoms with van der Waals surface area (Å²) in [6.45, 7) is 1.64. The molecule has 1 aromatic rings. The second-order valence-electron chi connectivity index (χ2n) is 8.52. The molecule has 1 unspecified atom stereocenters. The van der Waals surface area contributed by atoms with Crippen LogP contribution in [0.25, 0.3) is 0 Å². The van der Waals surface area contributed by atoms with Gasteiger partial charge >= 0.3 is 11.7 Å². The van der Waals surface area contributed by atoms with E-state index in [1.54, 1.807) is 6.92 Å². The van der Waals surface area contributed by atoms with Crippen molar-refractivity contribution in [2.45, 2.75) is 81.9 Å². The van der Waals surface area contributed by atoms with Crippen LogP contribution < -0.4 is 16.6 Å². The third kappa shape index (κ3) is 5.26. The van der Waals surface area contributed by atoms with Gasteiger partial charge in [0.25, 0.3) is 11.4 Å². The number of aromatic nitrogens is 2. The van der Waals surface area contributed by atoms with E-state index in [4.69, 9.17) is 14.2 Å². The van der Waals surface area contributed by atoms with E-state index in [1.165, 1.54) is 0 Å². The normalized spacial score (nSPS) is 32.0. The number of H-pyrrole nitrogens is 1. The van der Waals surface area contributed by atoms with Gasteiger partial charge in [-0.25, -0.2) is 9.18 Å². The molecule has 180 valence electrons. The van der Waals surface area contributed by atoms with E-state index < -0.39 is 53.7 Å². The molecule has 2 heterocycles. The Kier molecular flexibility index (Phi) is 7.50. The number of rotatable bonds is 8. The van der Waals surface area contributed by atoms with Crippen LogP contribution in [0, 0.1) is 0 Å². The fraction of sp³-hybridized carbons (Fsp3) is 0.750. The molecule has 0 aromatic carbocycles. The maximum absolute atomic E-state index is 15.3. The topological polar surface area (TPSA) is 152 Å². The molecule has 12 heteroatoms. The van der Waals surface area contributed by atoms with Crippen LogP contribution in [0.4, 0.5) is 4.39 Å². The van der Waals surface area contributed by atoms with E-state index in [2.05, 4.69) is 5.32 Å². The molecule has 1 aromatic heterocycles. The van der Waals surface area contributed by atoms with E-state index in [1.807, 2.05) is 4.98 Å². The number of ether oxygens (including phenoxy) is 3. The molecular formula is C20H30FN3O8. The van der Waals surface area contributed by atoms with Crippen LogP contribution in [0.1, 0.15) is 52.2 Å². The monoisotopic (exact) mass is 459 g/mol. The molecule has 1 aliphatic heterocycles. The number of esters is 1. The number of aliphatic hydroxyl groups is 2. The van der Waals surface area contributed by atoms with Crippen molar-refractivity contribution in [3.63, 3.8) is 0 Å². The molecule has 2 fully saturated rings. The molecule has 0 amide bonds. The first-order valence-corrected chi connectivity index (χ1v) is 10.6. The van der Waals surface area contributed by atoms with E-state index >= 15 is 4.39 Å². The second-order valence-corrected chi connectivity index (χ2v) is 8.52. The van der Waals surface area contributed by atoms with Crippen molar-refractivity contribution in [1.29, 1.82) is 0 Å². The highest BCUT2D eigenvalue weighted by Crippen LogP contribution is 2.44. The maximum atomic E-state index is 15.3. The Hall–Kier alpha value is -2.12. The predicted molar refractivity (Wildman–Crippen MR) is 108 cm³/mol. The molecule has 2 aliphatic rings. The fourth-order valence-corrected chi connectivity index (χ4v) is 3.91. The molecule has 32 heavy (non-hydrogen) atoms. The van der Waals surface area contributed by atoms with Gasteiger partial charge < -0.3 is 24.4 Å². The molecule has 1 aliphatic carbocycles. The van der Waals surface area contributed by atoms with Crippen LogP contribution in [-0.4, -0.2) is 68.8 Å². The van der Waals surface area contributed by atoms with Crippen LogP contribution in [0.2, 0.25) is 0 Å². The van der Waals surface area contributed by atoms with Crippen molar-refractivity contribution in [1.82, 2.24) is 14.9 Å². The number of carbonyl (C=O) groups excluding carboxylic acids is 1. The smallest absolute Gasteiger partial charge is 0.330 e. The average molecular weight is 459 g/mol. The molecule has 1 saturated heterocycles. The van der Waals surface area contributed by atoms with Crippen LogP contribution in [0.3, 0.4) is 0 Å². The minimum absolute atomic E-state index is 0.0898. The van der Waals surface area contributed by atoms with Gasteiger partial charge in [-0.3, -0.25) is 24.5 Å². The molecule has 1 saturated carbocycles. The first-order valence-electron chi connectivity index (χ1n) is 10.6. The standard InChI is InChI=1S/C20H30FN3O8/c1-12(15(26)31-13-6-4-3-5-7-13)22-11-30-10-20(21)16(27)19(2,29)17(32-20)24-9-8-14(25)23-18(24)28/h8-9,12-13,16-17,22,27,29H,3-7,10-11H2,1-2H3,(H,23,25,28)/t12?,16-,17+,19+,20+/m0/s1. The van der Waals surface area contributed by atoms with Gasteiger partial charge in [0.1, 0.15) is 30.5 Å². The van der Waals surface area contributed by atoms with Crippen LogP contribution in [-0.2, 0) is 19.0 Å². The molecule has 0 spiro atoms. The molecule has 0 radical (unpaired) electrons. The summed E-state index contributed by atoms with van der Waals surface area (Å²) in [6.07, 6.45) is 2.13. The average Bonchev–Trinajstić information content (AvgIpc) is 2.92. The molecular weight excluding hydrogens is 429 g/mol. The number of carbonyl (C=O) groups is 1. The van der Waals surface area contributed by atoms with Crippen LogP contribution in [0.5, 0.6) is 0 Å². The van der Waals surface area contributed by atoms with Gasteiger partial charge in [-0.1, -0.05) is 6.42 Å². The number of hydrogen-bond acceptors (Lipinski definition) is 9. The molecule has 5 atom stereocenters. The van der Waals surface area contributed by atoms with Crippen LogP contribution >= 0.6 is 0 Å². The summed E-state index contributed by atoms with van der Waals surface area (Å²) in [4.78, 5) is 37.4. The number of aromatic amines is 1. The van der Waals surface area contributed by atoms with Crippen molar-refractivity contribution in [2.24, 2.45) is 0 Å². The Labute approximate surface area is 183 Å². The Morgan fingerprint density at radius 2 is 2.09 bits per heavy atom. The van der Waals surface area contributed by atoms with Gasteiger partial charge in [-0.15, -0.1) is 0 Å².